The van der Waals surface area contributed by atoms with Crippen molar-refractivity contribution in [3.8, 4) is 0 Å². The molecule has 2 nitrogen and oxygen atoms in total. The van der Waals surface area contributed by atoms with Crippen LogP contribution in [0.3, 0.4) is 0 Å². The molecule has 1 aromatic rings. The first kappa shape index (κ1) is 10.6. The van der Waals surface area contributed by atoms with Gasteiger partial charge in [-0.25, -0.2) is 4.39 Å². The largest absolute Gasteiger partial charge is 0.457 e. The van der Waals surface area contributed by atoms with Crippen molar-refractivity contribution < 1.29 is 13.9 Å². The topological polar surface area (TPSA) is 18.5 Å². The van der Waals surface area contributed by atoms with Crippen molar-refractivity contribution in [2.45, 2.75) is 37.4 Å². The highest BCUT2D eigenvalue weighted by Gasteiger charge is 2.40. The summed E-state index contributed by atoms with van der Waals surface area (Å²) in [7, 11) is 0. The van der Waals surface area contributed by atoms with Crippen molar-refractivity contribution in [1.82, 2.24) is 0 Å². The summed E-state index contributed by atoms with van der Waals surface area (Å²) in [4.78, 5) is 0. The van der Waals surface area contributed by atoms with Gasteiger partial charge in [0.2, 0.25) is 5.79 Å². The van der Waals surface area contributed by atoms with Gasteiger partial charge in [-0.3, -0.25) is 0 Å². The van der Waals surface area contributed by atoms with Gasteiger partial charge in [0.1, 0.15) is 18.3 Å². The van der Waals surface area contributed by atoms with Gasteiger partial charge in [0, 0.05) is 12.8 Å². The Morgan fingerprint density at radius 3 is 2.18 bits per heavy atom. The quantitative estimate of drug-likeness (QED) is 0.737. The molecular formula is C14H15FO2. The Balaban J connectivity index is 1.66. The van der Waals surface area contributed by atoms with Crippen LogP contribution in [0.15, 0.2) is 36.8 Å². The molecule has 1 aliphatic heterocycles. The first-order valence-electron chi connectivity index (χ1n) is 6.04. The molecule has 1 aliphatic carbocycles. The predicted molar refractivity (Wildman–Crippen MR) is 61.7 cm³/mol. The van der Waals surface area contributed by atoms with Crippen LogP contribution in [0, 0.1) is 5.82 Å². The molecule has 0 saturated heterocycles. The first-order valence-corrected chi connectivity index (χ1v) is 6.04. The smallest absolute Gasteiger partial charge is 0.249 e. The third-order valence-corrected chi connectivity index (χ3v) is 3.71. The van der Waals surface area contributed by atoms with Gasteiger partial charge in [-0.2, -0.15) is 0 Å². The highest BCUT2D eigenvalue weighted by Crippen LogP contribution is 2.42. The summed E-state index contributed by atoms with van der Waals surface area (Å²) in [6, 6.07) is 6.83. The van der Waals surface area contributed by atoms with Crippen LogP contribution in [0.4, 0.5) is 4.39 Å². The molecule has 0 radical (unpaired) electrons. The second-order valence-electron chi connectivity index (χ2n) is 4.74. The average Bonchev–Trinajstić information content (AvgIpc) is 2.80. The molecule has 3 rings (SSSR count). The summed E-state index contributed by atoms with van der Waals surface area (Å²) in [5.41, 5.74) is 1.22. The maximum Gasteiger partial charge on any atom is 0.249 e. The van der Waals surface area contributed by atoms with Gasteiger partial charge in [-0.1, -0.05) is 12.1 Å². The third-order valence-electron chi connectivity index (χ3n) is 3.71. The predicted octanol–water partition coefficient (Wildman–Crippen LogP) is 3.70. The zero-order chi connectivity index (χ0) is 11.7. The monoisotopic (exact) mass is 234 g/mol. The fourth-order valence-electron chi connectivity index (χ4n) is 2.69. The molecule has 1 aromatic carbocycles. The van der Waals surface area contributed by atoms with Gasteiger partial charge in [-0.05, 0) is 36.5 Å². The van der Waals surface area contributed by atoms with E-state index in [2.05, 4.69) is 0 Å². The van der Waals surface area contributed by atoms with E-state index in [0.29, 0.717) is 5.92 Å². The normalized spacial score (nSPS) is 22.4. The molecule has 1 saturated carbocycles. The number of rotatable bonds is 1. The van der Waals surface area contributed by atoms with Crippen molar-refractivity contribution in [1.29, 1.82) is 0 Å². The molecule has 0 amide bonds. The van der Waals surface area contributed by atoms with Crippen LogP contribution in [0.1, 0.15) is 37.2 Å². The van der Waals surface area contributed by atoms with Gasteiger partial charge in [0.15, 0.2) is 0 Å². The van der Waals surface area contributed by atoms with Crippen molar-refractivity contribution in [2.24, 2.45) is 0 Å². The van der Waals surface area contributed by atoms with Gasteiger partial charge in [0.05, 0.1) is 0 Å². The fourth-order valence-corrected chi connectivity index (χ4v) is 2.69. The van der Waals surface area contributed by atoms with E-state index in [9.17, 15) is 4.39 Å². The maximum absolute atomic E-state index is 12.8. The molecule has 1 spiro atoms. The Labute approximate surface area is 100 Å². The second kappa shape index (κ2) is 4.06. The van der Waals surface area contributed by atoms with E-state index in [4.69, 9.17) is 9.47 Å². The number of hydrogen-bond donors (Lipinski definition) is 0. The van der Waals surface area contributed by atoms with Crippen LogP contribution < -0.4 is 0 Å². The lowest BCUT2D eigenvalue weighted by atomic mass is 9.81. The summed E-state index contributed by atoms with van der Waals surface area (Å²) in [6.07, 6.45) is 7.07. The maximum atomic E-state index is 12.8. The average molecular weight is 234 g/mol. The fraction of sp³-hybridized carbons (Fsp3) is 0.429. The van der Waals surface area contributed by atoms with E-state index in [1.165, 1.54) is 17.7 Å². The Hall–Kier alpha value is -1.51. The van der Waals surface area contributed by atoms with Crippen LogP contribution in [-0.4, -0.2) is 5.79 Å². The highest BCUT2D eigenvalue weighted by atomic mass is 19.1. The lowest BCUT2D eigenvalue weighted by Crippen LogP contribution is -2.34. The molecule has 0 atom stereocenters. The molecular weight excluding hydrogens is 219 g/mol. The zero-order valence-corrected chi connectivity index (χ0v) is 9.56. The zero-order valence-electron chi connectivity index (χ0n) is 9.56. The molecule has 3 heteroatoms. The molecule has 0 unspecified atom stereocenters. The molecule has 0 aromatic heterocycles. The summed E-state index contributed by atoms with van der Waals surface area (Å²) in [5.74, 6) is -0.0852. The van der Waals surface area contributed by atoms with Crippen LogP contribution in [0.25, 0.3) is 0 Å². The standard InChI is InChI=1S/C14H15FO2/c15-13-3-1-11(2-4-13)12-5-7-14(8-6-12)16-9-10-17-14/h1-4,9-10,12H,5-8H2. The summed E-state index contributed by atoms with van der Waals surface area (Å²) < 4.78 is 23.9. The second-order valence-corrected chi connectivity index (χ2v) is 4.74. The van der Waals surface area contributed by atoms with E-state index in [-0.39, 0.29) is 5.82 Å². The minimum absolute atomic E-state index is 0.173. The van der Waals surface area contributed by atoms with Crippen molar-refractivity contribution in [3.63, 3.8) is 0 Å². The molecule has 2 aliphatic rings. The summed E-state index contributed by atoms with van der Waals surface area (Å²) in [6.45, 7) is 0. The SMILES string of the molecule is Fc1ccc(C2CCC3(CC2)OC=CO3)cc1. The molecule has 0 N–H and O–H groups in total. The Morgan fingerprint density at radius 1 is 1.00 bits per heavy atom. The van der Waals surface area contributed by atoms with Crippen molar-refractivity contribution in [3.05, 3.63) is 48.2 Å². The Kier molecular flexibility index (Phi) is 2.54. The minimum Gasteiger partial charge on any atom is -0.457 e. The van der Waals surface area contributed by atoms with E-state index >= 15 is 0 Å². The number of ether oxygens (including phenoxy) is 2. The van der Waals surface area contributed by atoms with E-state index < -0.39 is 5.79 Å². The Bertz CT molecular complexity index is 406. The molecule has 1 fully saturated rings. The molecule has 0 bridgehead atoms. The lowest BCUT2D eigenvalue weighted by Gasteiger charge is -2.35. The van der Waals surface area contributed by atoms with Crippen molar-refractivity contribution in [2.75, 3.05) is 0 Å². The number of halogens is 1. The van der Waals surface area contributed by atoms with Gasteiger partial charge < -0.3 is 9.47 Å². The van der Waals surface area contributed by atoms with E-state index in [1.54, 1.807) is 12.5 Å². The minimum atomic E-state index is -0.406. The van der Waals surface area contributed by atoms with Crippen molar-refractivity contribution >= 4 is 0 Å². The first-order chi connectivity index (χ1) is 8.27. The summed E-state index contributed by atoms with van der Waals surface area (Å²) in [5, 5.41) is 0. The van der Waals surface area contributed by atoms with E-state index in [1.807, 2.05) is 12.1 Å². The van der Waals surface area contributed by atoms with Gasteiger partial charge in [-0.15, -0.1) is 0 Å². The number of hydrogen-bond acceptors (Lipinski definition) is 2. The molecule has 17 heavy (non-hydrogen) atoms. The van der Waals surface area contributed by atoms with Crippen LogP contribution >= 0.6 is 0 Å². The van der Waals surface area contributed by atoms with Gasteiger partial charge in [0.25, 0.3) is 0 Å². The lowest BCUT2D eigenvalue weighted by molar-refractivity contribution is -0.164. The van der Waals surface area contributed by atoms with Gasteiger partial charge >= 0.3 is 0 Å². The van der Waals surface area contributed by atoms with E-state index in [0.717, 1.165) is 25.7 Å². The molecule has 1 heterocycles. The van der Waals surface area contributed by atoms with Crippen LogP contribution in [0.5, 0.6) is 0 Å². The van der Waals surface area contributed by atoms with Crippen LogP contribution in [0.2, 0.25) is 0 Å². The third kappa shape index (κ3) is 2.02. The summed E-state index contributed by atoms with van der Waals surface area (Å²) >= 11 is 0. The highest BCUT2D eigenvalue weighted by molar-refractivity contribution is 5.21. The Morgan fingerprint density at radius 2 is 1.59 bits per heavy atom. The molecule has 90 valence electrons. The van der Waals surface area contributed by atoms with Crippen LogP contribution in [-0.2, 0) is 9.47 Å². The number of benzene rings is 1.